The Morgan fingerprint density at radius 2 is 1.72 bits per heavy atom. The molecule has 166 valence electrons. The topological polar surface area (TPSA) is 95.7 Å². The van der Waals surface area contributed by atoms with E-state index in [9.17, 15) is 26.4 Å². The second kappa shape index (κ2) is 12.0. The van der Waals surface area contributed by atoms with Gasteiger partial charge in [0.1, 0.15) is 6.61 Å². The van der Waals surface area contributed by atoms with Crippen molar-refractivity contribution in [3.05, 3.63) is 24.3 Å². The molecule has 0 heterocycles. The summed E-state index contributed by atoms with van der Waals surface area (Å²) >= 11 is 0. The van der Waals surface area contributed by atoms with E-state index in [1.807, 2.05) is 0 Å². The van der Waals surface area contributed by atoms with Crippen LogP contribution in [0.2, 0.25) is 0 Å². The summed E-state index contributed by atoms with van der Waals surface area (Å²) in [5.41, 5.74) is 0.128. The maximum Gasteiger partial charge on any atom is 0.501 e. The van der Waals surface area contributed by atoms with Crippen LogP contribution < -0.4 is 5.73 Å². The molecule has 1 fully saturated rings. The fourth-order valence-electron chi connectivity index (χ4n) is 2.57. The highest BCUT2D eigenvalue weighted by atomic mass is 32.2. The summed E-state index contributed by atoms with van der Waals surface area (Å²) in [5, 5.41) is 0. The summed E-state index contributed by atoms with van der Waals surface area (Å²) in [7, 11) is -5.25. The molecule has 29 heavy (non-hydrogen) atoms. The molecule has 6 nitrogen and oxygen atoms in total. The number of hydrogen-bond donors (Lipinski definition) is 1. The number of alkyl halides is 3. The van der Waals surface area contributed by atoms with Crippen molar-refractivity contribution in [3.63, 3.8) is 0 Å². The van der Waals surface area contributed by atoms with Gasteiger partial charge in [0.25, 0.3) is 9.84 Å². The van der Waals surface area contributed by atoms with Gasteiger partial charge in [-0.15, -0.1) is 0 Å². The van der Waals surface area contributed by atoms with Gasteiger partial charge in [0.15, 0.2) is 0 Å². The molecule has 0 spiro atoms. The lowest BCUT2D eigenvalue weighted by Crippen LogP contribution is -2.23. The summed E-state index contributed by atoms with van der Waals surface area (Å²) in [6.45, 7) is 2.74. The molecule has 2 rings (SSSR count). The van der Waals surface area contributed by atoms with E-state index in [0.29, 0.717) is 6.61 Å². The zero-order valence-electron chi connectivity index (χ0n) is 16.4. The van der Waals surface area contributed by atoms with Crippen molar-refractivity contribution in [1.29, 1.82) is 0 Å². The van der Waals surface area contributed by atoms with Crippen LogP contribution in [0.5, 0.6) is 0 Å². The molecule has 1 saturated carbocycles. The first-order valence-corrected chi connectivity index (χ1v) is 11.0. The van der Waals surface area contributed by atoms with Gasteiger partial charge in [0.2, 0.25) is 0 Å². The number of hydrogen-bond acceptors (Lipinski definition) is 6. The molecular weight excluding hydrogens is 411 g/mol. The molecule has 0 aromatic heterocycles. The van der Waals surface area contributed by atoms with Gasteiger partial charge in [-0.3, -0.25) is 0 Å². The number of carbonyl (C=O) groups is 1. The maximum absolute atomic E-state index is 12.0. The number of esters is 1. The van der Waals surface area contributed by atoms with Crippen LogP contribution in [0.3, 0.4) is 0 Å². The van der Waals surface area contributed by atoms with Gasteiger partial charge in [-0.2, -0.15) is 13.2 Å². The van der Waals surface area contributed by atoms with Crippen LogP contribution in [0.15, 0.2) is 29.2 Å². The van der Waals surface area contributed by atoms with E-state index >= 15 is 0 Å². The smallest absolute Gasteiger partial charge is 0.464 e. The van der Waals surface area contributed by atoms with Gasteiger partial charge in [-0.25, -0.2) is 13.2 Å². The first-order chi connectivity index (χ1) is 13.6. The number of sulfone groups is 1. The third-order valence-corrected chi connectivity index (χ3v) is 5.75. The number of ether oxygens (including phenoxy) is 2. The molecular formula is C19H28F3NO5S. The van der Waals surface area contributed by atoms with E-state index in [1.165, 1.54) is 19.3 Å². The SMILES string of the molecule is CCCCOC(=O)COC1CCCCC1.Nc1ccc(S(=O)(=O)C(F)(F)F)cc1. The summed E-state index contributed by atoms with van der Waals surface area (Å²) in [4.78, 5) is 10.4. The number of rotatable bonds is 7. The van der Waals surface area contributed by atoms with Crippen LogP contribution in [-0.2, 0) is 24.1 Å². The Hall–Kier alpha value is -1.81. The van der Waals surface area contributed by atoms with Crippen molar-refractivity contribution in [1.82, 2.24) is 0 Å². The lowest BCUT2D eigenvalue weighted by atomic mass is 9.98. The second-order valence-corrected chi connectivity index (χ2v) is 8.60. The Morgan fingerprint density at radius 3 is 2.24 bits per heavy atom. The van der Waals surface area contributed by atoms with Crippen molar-refractivity contribution in [3.8, 4) is 0 Å². The highest BCUT2D eigenvalue weighted by molar-refractivity contribution is 7.92. The monoisotopic (exact) mass is 439 g/mol. The van der Waals surface area contributed by atoms with Gasteiger partial charge in [-0.05, 0) is 43.5 Å². The Morgan fingerprint density at radius 1 is 1.14 bits per heavy atom. The average molecular weight is 439 g/mol. The van der Waals surface area contributed by atoms with Gasteiger partial charge < -0.3 is 15.2 Å². The van der Waals surface area contributed by atoms with Crippen LogP contribution in [0.1, 0.15) is 51.9 Å². The number of halogens is 3. The van der Waals surface area contributed by atoms with E-state index < -0.39 is 20.2 Å². The number of anilines is 1. The highest BCUT2D eigenvalue weighted by Crippen LogP contribution is 2.30. The minimum Gasteiger partial charge on any atom is -0.464 e. The number of benzene rings is 1. The van der Waals surface area contributed by atoms with Crippen LogP contribution in [0.4, 0.5) is 18.9 Å². The van der Waals surface area contributed by atoms with Crippen molar-refractivity contribution in [2.75, 3.05) is 18.9 Å². The molecule has 10 heteroatoms. The lowest BCUT2D eigenvalue weighted by molar-refractivity contribution is -0.151. The fourth-order valence-corrected chi connectivity index (χ4v) is 3.33. The van der Waals surface area contributed by atoms with Crippen LogP contribution in [0.25, 0.3) is 0 Å². The number of nitrogens with two attached hydrogens (primary N) is 1. The van der Waals surface area contributed by atoms with Gasteiger partial charge >= 0.3 is 11.5 Å². The number of carbonyl (C=O) groups excluding carboxylic acids is 1. The normalized spacial score (nSPS) is 15.3. The Kier molecular flexibility index (Phi) is 10.5. The minimum atomic E-state index is -5.27. The maximum atomic E-state index is 12.0. The molecule has 0 saturated heterocycles. The summed E-state index contributed by atoms with van der Waals surface area (Å²) < 4.78 is 68.1. The third-order valence-electron chi connectivity index (χ3n) is 4.25. The molecule has 1 aromatic rings. The van der Waals surface area contributed by atoms with E-state index in [0.717, 1.165) is 49.9 Å². The molecule has 0 bridgehead atoms. The Bertz CT molecular complexity index is 714. The average Bonchev–Trinajstić information content (AvgIpc) is 2.67. The van der Waals surface area contributed by atoms with Gasteiger partial charge in [0, 0.05) is 5.69 Å². The first kappa shape index (κ1) is 25.2. The minimum absolute atomic E-state index is 0.133. The Balaban J connectivity index is 0.000000291. The highest BCUT2D eigenvalue weighted by Gasteiger charge is 2.46. The van der Waals surface area contributed by atoms with E-state index in [-0.39, 0.29) is 24.4 Å². The molecule has 0 atom stereocenters. The van der Waals surface area contributed by atoms with Crippen LogP contribution in [-0.4, -0.2) is 39.2 Å². The number of unbranched alkanes of at least 4 members (excludes halogenated alkanes) is 1. The van der Waals surface area contributed by atoms with Crippen molar-refractivity contribution >= 4 is 21.5 Å². The van der Waals surface area contributed by atoms with Gasteiger partial charge in [-0.1, -0.05) is 32.6 Å². The fraction of sp³-hybridized carbons (Fsp3) is 0.632. The van der Waals surface area contributed by atoms with E-state index in [2.05, 4.69) is 6.92 Å². The number of nitrogen functional groups attached to an aromatic ring is 1. The second-order valence-electron chi connectivity index (χ2n) is 6.66. The first-order valence-electron chi connectivity index (χ1n) is 9.52. The van der Waals surface area contributed by atoms with E-state index in [1.54, 1.807) is 0 Å². The zero-order valence-corrected chi connectivity index (χ0v) is 17.2. The molecule has 1 aromatic carbocycles. The molecule has 0 aliphatic heterocycles. The van der Waals surface area contributed by atoms with E-state index in [4.69, 9.17) is 15.2 Å². The van der Waals surface area contributed by atoms with Crippen molar-refractivity contribution in [2.24, 2.45) is 0 Å². The van der Waals surface area contributed by atoms with Gasteiger partial charge in [0.05, 0.1) is 17.6 Å². The predicted octanol–water partition coefficient (Wildman–Crippen LogP) is 4.24. The standard InChI is InChI=1S/C12H22O3.C7H6F3NO2S/c1-2-3-9-14-12(13)10-15-11-7-5-4-6-8-11;8-7(9,10)14(12,13)6-3-1-5(11)2-4-6/h11H,2-10H2,1H3;1-4H,11H2. The molecule has 1 aliphatic rings. The molecule has 0 unspecified atom stereocenters. The Labute approximate surface area is 169 Å². The predicted molar refractivity (Wildman–Crippen MR) is 103 cm³/mol. The van der Waals surface area contributed by atoms with Crippen LogP contribution in [0, 0.1) is 0 Å². The zero-order chi connectivity index (χ0) is 21.9. The molecule has 0 radical (unpaired) electrons. The quantitative estimate of drug-likeness (QED) is 0.388. The summed E-state index contributed by atoms with van der Waals surface area (Å²) in [5.74, 6) is -0.214. The largest absolute Gasteiger partial charge is 0.501 e. The summed E-state index contributed by atoms with van der Waals surface area (Å²) in [6.07, 6.45) is 8.25. The van der Waals surface area contributed by atoms with Crippen molar-refractivity contribution in [2.45, 2.75) is 68.4 Å². The third kappa shape index (κ3) is 9.03. The van der Waals surface area contributed by atoms with Crippen molar-refractivity contribution < 1.29 is 35.9 Å². The van der Waals surface area contributed by atoms with Crippen LogP contribution >= 0.6 is 0 Å². The molecule has 2 N–H and O–H groups in total. The summed E-state index contributed by atoms with van der Waals surface area (Å²) in [6, 6.07) is 3.83. The lowest BCUT2D eigenvalue weighted by Gasteiger charge is -2.21. The molecule has 1 aliphatic carbocycles. The molecule has 0 amide bonds.